The smallest absolute Gasteiger partial charge is 0.241 e. The van der Waals surface area contributed by atoms with E-state index in [4.69, 9.17) is 0 Å². The van der Waals surface area contributed by atoms with Crippen molar-refractivity contribution in [3.63, 3.8) is 0 Å². The van der Waals surface area contributed by atoms with Gasteiger partial charge in [-0.3, -0.25) is 9.69 Å². The summed E-state index contributed by atoms with van der Waals surface area (Å²) in [6.07, 6.45) is 3.25. The molecule has 1 aromatic carbocycles. The van der Waals surface area contributed by atoms with Gasteiger partial charge in [0, 0.05) is 34.1 Å². The zero-order chi connectivity index (χ0) is 19.1. The Labute approximate surface area is 173 Å². The maximum atomic E-state index is 13.1. The van der Waals surface area contributed by atoms with Crippen LogP contribution in [0.5, 0.6) is 0 Å². The predicted octanol–water partition coefficient (Wildman–Crippen LogP) is 4.91. The van der Waals surface area contributed by atoms with E-state index in [0.29, 0.717) is 12.6 Å². The van der Waals surface area contributed by atoms with Crippen LogP contribution in [0.1, 0.15) is 34.3 Å². The number of rotatable bonds is 4. The van der Waals surface area contributed by atoms with Gasteiger partial charge in [0.25, 0.3) is 0 Å². The summed E-state index contributed by atoms with van der Waals surface area (Å²) in [7, 11) is 0. The number of carbonyl (C=O) groups excluding carboxylic acids is 1. The maximum Gasteiger partial charge on any atom is 0.241 e. The molecule has 2 aliphatic rings. The zero-order valence-electron chi connectivity index (χ0n) is 15.9. The van der Waals surface area contributed by atoms with E-state index in [0.717, 1.165) is 47.9 Å². The Morgan fingerprint density at radius 2 is 2.18 bits per heavy atom. The fraction of sp³-hybridized carbons (Fsp3) is 0.364. The number of nitrogens with zero attached hydrogens (tertiary/aromatic N) is 3. The Morgan fingerprint density at radius 1 is 1.25 bits per heavy atom. The molecule has 1 saturated heterocycles. The average molecular weight is 410 g/mol. The first-order valence-corrected chi connectivity index (χ1v) is 11.6. The number of benzene rings is 1. The molecule has 0 spiro atoms. The van der Waals surface area contributed by atoms with Crippen molar-refractivity contribution in [1.82, 2.24) is 9.88 Å². The van der Waals surface area contributed by atoms with Crippen LogP contribution in [0.4, 0.5) is 5.69 Å². The largest absolute Gasteiger partial charge is 0.311 e. The monoisotopic (exact) mass is 409 g/mol. The Kier molecular flexibility index (Phi) is 4.78. The number of thiazole rings is 1. The van der Waals surface area contributed by atoms with Crippen molar-refractivity contribution < 1.29 is 4.79 Å². The lowest BCUT2D eigenvalue weighted by molar-refractivity contribution is -0.119. The lowest BCUT2D eigenvalue weighted by Gasteiger charge is -2.26. The predicted molar refractivity (Wildman–Crippen MR) is 116 cm³/mol. The number of thiophene rings is 1. The fourth-order valence-corrected chi connectivity index (χ4v) is 5.91. The van der Waals surface area contributed by atoms with Crippen molar-refractivity contribution in [2.24, 2.45) is 0 Å². The summed E-state index contributed by atoms with van der Waals surface area (Å²) in [6.45, 7) is 4.33. The zero-order valence-corrected chi connectivity index (χ0v) is 17.6. The maximum absolute atomic E-state index is 13.1. The molecule has 4 nitrogen and oxygen atoms in total. The molecule has 1 fully saturated rings. The van der Waals surface area contributed by atoms with Crippen LogP contribution in [0.3, 0.4) is 0 Å². The number of aryl methyl sites for hydroxylation is 1. The van der Waals surface area contributed by atoms with Crippen molar-refractivity contribution in [2.45, 2.75) is 32.2 Å². The van der Waals surface area contributed by atoms with Gasteiger partial charge in [-0.15, -0.1) is 22.7 Å². The van der Waals surface area contributed by atoms with Crippen LogP contribution >= 0.6 is 22.7 Å². The number of hydrogen-bond donors (Lipinski definition) is 0. The lowest BCUT2D eigenvalue weighted by Crippen LogP contribution is -2.39. The number of carbonyl (C=O) groups is 1. The van der Waals surface area contributed by atoms with Gasteiger partial charge in [0.05, 0.1) is 17.2 Å². The van der Waals surface area contributed by atoms with Gasteiger partial charge in [-0.05, 0) is 61.9 Å². The molecule has 3 aromatic rings. The van der Waals surface area contributed by atoms with Crippen LogP contribution in [-0.4, -0.2) is 35.4 Å². The van der Waals surface area contributed by atoms with Gasteiger partial charge in [-0.1, -0.05) is 12.1 Å². The fourth-order valence-electron chi connectivity index (χ4n) is 4.39. The Morgan fingerprint density at radius 3 is 2.96 bits per heavy atom. The minimum Gasteiger partial charge on any atom is -0.311 e. The van der Waals surface area contributed by atoms with E-state index in [1.807, 2.05) is 11.8 Å². The normalized spacial score (nSPS) is 19.3. The van der Waals surface area contributed by atoms with E-state index in [-0.39, 0.29) is 5.91 Å². The van der Waals surface area contributed by atoms with E-state index in [1.165, 1.54) is 16.9 Å². The summed E-state index contributed by atoms with van der Waals surface area (Å²) in [5, 5.41) is 5.32. The summed E-state index contributed by atoms with van der Waals surface area (Å²) < 4.78 is 0. The van der Waals surface area contributed by atoms with Crippen LogP contribution in [0, 0.1) is 6.92 Å². The molecule has 1 atom stereocenters. The first kappa shape index (κ1) is 18.0. The van der Waals surface area contributed by atoms with Crippen molar-refractivity contribution in [2.75, 3.05) is 24.5 Å². The van der Waals surface area contributed by atoms with Crippen molar-refractivity contribution >= 4 is 34.3 Å². The molecule has 0 aliphatic carbocycles. The topological polar surface area (TPSA) is 36.4 Å². The number of amides is 1. The number of aromatic nitrogens is 1. The number of anilines is 1. The van der Waals surface area contributed by atoms with Gasteiger partial charge in [0.1, 0.15) is 0 Å². The highest BCUT2D eigenvalue weighted by Crippen LogP contribution is 2.36. The van der Waals surface area contributed by atoms with Crippen LogP contribution in [0.25, 0.3) is 11.3 Å². The molecule has 4 heterocycles. The third-order valence-electron chi connectivity index (χ3n) is 5.76. The molecule has 6 heteroatoms. The Balaban J connectivity index is 1.32. The minimum absolute atomic E-state index is 0.222. The molecule has 2 aliphatic heterocycles. The van der Waals surface area contributed by atoms with Crippen molar-refractivity contribution in [1.29, 1.82) is 0 Å². The quantitative estimate of drug-likeness (QED) is 0.615. The minimum atomic E-state index is 0.222. The van der Waals surface area contributed by atoms with Gasteiger partial charge >= 0.3 is 0 Å². The molecule has 5 rings (SSSR count). The van der Waals surface area contributed by atoms with Crippen LogP contribution in [0.15, 0.2) is 41.1 Å². The highest BCUT2D eigenvalue weighted by atomic mass is 32.1. The summed E-state index contributed by atoms with van der Waals surface area (Å²) >= 11 is 3.48. The summed E-state index contributed by atoms with van der Waals surface area (Å²) in [5.74, 6) is 0.222. The Hall–Kier alpha value is -2.02. The van der Waals surface area contributed by atoms with Crippen molar-refractivity contribution in [3.8, 4) is 11.3 Å². The van der Waals surface area contributed by atoms with Gasteiger partial charge in [0.15, 0.2) is 0 Å². The molecule has 28 heavy (non-hydrogen) atoms. The molecule has 0 bridgehead atoms. The van der Waals surface area contributed by atoms with Gasteiger partial charge in [0.2, 0.25) is 5.91 Å². The van der Waals surface area contributed by atoms with Gasteiger partial charge in [-0.25, -0.2) is 4.98 Å². The summed E-state index contributed by atoms with van der Waals surface area (Å²) in [4.78, 5) is 23.4. The van der Waals surface area contributed by atoms with Crippen LogP contribution in [-0.2, 0) is 11.2 Å². The third-order valence-corrected chi connectivity index (χ3v) is 7.51. The number of fused-ring (bicyclic) bond motifs is 1. The van der Waals surface area contributed by atoms with Crippen molar-refractivity contribution in [3.05, 3.63) is 56.5 Å². The first-order chi connectivity index (χ1) is 13.7. The molecule has 1 amide bonds. The molecular formula is C22H23N3OS2. The molecule has 2 aromatic heterocycles. The first-order valence-electron chi connectivity index (χ1n) is 9.82. The second kappa shape index (κ2) is 7.43. The Bertz CT molecular complexity index is 995. The standard InChI is InChI=1S/C22H23N3OS2/c1-15-23-18(14-28-15)16-6-7-19-17(12-16)8-10-25(19)22(26)13-24-9-2-4-20(24)21-5-3-11-27-21/h3,5-7,11-12,14,20H,2,4,8-10,13H2,1H3/t20-/m1/s1. The third kappa shape index (κ3) is 3.30. The highest BCUT2D eigenvalue weighted by Gasteiger charge is 2.32. The second-order valence-electron chi connectivity index (χ2n) is 7.53. The second-order valence-corrected chi connectivity index (χ2v) is 9.58. The van der Waals surface area contributed by atoms with E-state index in [9.17, 15) is 4.79 Å². The van der Waals surface area contributed by atoms with E-state index >= 15 is 0 Å². The molecule has 0 N–H and O–H groups in total. The molecule has 144 valence electrons. The van der Waals surface area contributed by atoms with Gasteiger partial charge in [-0.2, -0.15) is 0 Å². The molecule has 0 radical (unpaired) electrons. The summed E-state index contributed by atoms with van der Waals surface area (Å²) in [5.41, 5.74) is 4.51. The molecule has 0 saturated carbocycles. The number of likely N-dealkylation sites (tertiary alicyclic amines) is 1. The van der Waals surface area contributed by atoms with E-state index in [1.54, 1.807) is 22.7 Å². The SMILES string of the molecule is Cc1nc(-c2ccc3c(c2)CCN3C(=O)CN2CCC[C@@H]2c2cccs2)cs1. The molecule has 0 unspecified atom stereocenters. The van der Waals surface area contributed by atoms with E-state index < -0.39 is 0 Å². The van der Waals surface area contributed by atoms with Crippen LogP contribution < -0.4 is 4.90 Å². The number of hydrogen-bond acceptors (Lipinski definition) is 5. The molecular weight excluding hydrogens is 386 g/mol. The van der Waals surface area contributed by atoms with Gasteiger partial charge < -0.3 is 4.90 Å². The summed E-state index contributed by atoms with van der Waals surface area (Å²) in [6, 6.07) is 11.1. The van der Waals surface area contributed by atoms with Crippen LogP contribution in [0.2, 0.25) is 0 Å². The lowest BCUT2D eigenvalue weighted by atomic mass is 10.1. The average Bonchev–Trinajstić information content (AvgIpc) is 3.47. The highest BCUT2D eigenvalue weighted by molar-refractivity contribution is 7.10. The van der Waals surface area contributed by atoms with E-state index in [2.05, 4.69) is 51.0 Å².